The third-order valence-electron chi connectivity index (χ3n) is 6.34. The molecule has 4 heteroatoms. The minimum absolute atomic E-state index is 0.357. The number of carbonyl (C=O) groups is 2. The topological polar surface area (TPSA) is 52.6 Å². The molecule has 0 spiro atoms. The van der Waals surface area contributed by atoms with Crippen molar-refractivity contribution in [2.24, 2.45) is 5.92 Å². The fraction of sp³-hybridized carbons (Fsp3) is 0.286. The van der Waals surface area contributed by atoms with E-state index in [9.17, 15) is 9.59 Å². The molecule has 0 amide bonds. The molecule has 4 nitrogen and oxygen atoms in total. The van der Waals surface area contributed by atoms with E-state index in [4.69, 9.17) is 9.47 Å². The van der Waals surface area contributed by atoms with Crippen molar-refractivity contribution < 1.29 is 19.1 Å². The number of ether oxygens (including phenoxy) is 2. The van der Waals surface area contributed by atoms with Crippen molar-refractivity contribution in [3.8, 4) is 16.9 Å². The molecule has 0 heterocycles. The van der Waals surface area contributed by atoms with Crippen LogP contribution in [0.1, 0.15) is 64.8 Å². The van der Waals surface area contributed by atoms with Crippen molar-refractivity contribution in [1.82, 2.24) is 0 Å². The monoisotopic (exact) mass is 428 g/mol. The molecule has 0 N–H and O–H groups in total. The lowest BCUT2D eigenvalue weighted by Gasteiger charge is -2.26. The Balaban J connectivity index is 1.38. The average Bonchev–Trinajstić information content (AvgIpc) is 2.85. The summed E-state index contributed by atoms with van der Waals surface area (Å²) in [5.41, 5.74) is 4.30. The van der Waals surface area contributed by atoms with Gasteiger partial charge in [0.05, 0.1) is 18.2 Å². The maximum absolute atomic E-state index is 12.6. The second-order valence-corrected chi connectivity index (χ2v) is 8.56. The second kappa shape index (κ2) is 9.82. The van der Waals surface area contributed by atoms with Crippen LogP contribution in [-0.2, 0) is 4.74 Å². The summed E-state index contributed by atoms with van der Waals surface area (Å²) < 4.78 is 10.3. The van der Waals surface area contributed by atoms with Crippen LogP contribution in [-0.4, -0.2) is 19.0 Å². The van der Waals surface area contributed by atoms with E-state index in [1.165, 1.54) is 38.4 Å². The lowest BCUT2D eigenvalue weighted by atomic mass is 9.79. The van der Waals surface area contributed by atoms with Gasteiger partial charge < -0.3 is 9.47 Å². The van der Waals surface area contributed by atoms with Gasteiger partial charge in [-0.2, -0.15) is 0 Å². The molecule has 0 radical (unpaired) electrons. The van der Waals surface area contributed by atoms with Crippen LogP contribution in [0.2, 0.25) is 0 Å². The van der Waals surface area contributed by atoms with Crippen molar-refractivity contribution in [3.05, 3.63) is 89.5 Å². The Bertz CT molecular complexity index is 1060. The molecule has 32 heavy (non-hydrogen) atoms. The van der Waals surface area contributed by atoms with Crippen LogP contribution in [0, 0.1) is 5.92 Å². The Hall–Kier alpha value is -3.40. The molecule has 0 aliphatic heterocycles. The lowest BCUT2D eigenvalue weighted by molar-refractivity contribution is 0.0600. The normalized spacial score (nSPS) is 18.1. The molecule has 3 aromatic rings. The van der Waals surface area contributed by atoms with Crippen LogP contribution in [0.4, 0.5) is 0 Å². The molecule has 0 bridgehead atoms. The summed E-state index contributed by atoms with van der Waals surface area (Å²) in [6.45, 7) is 2.32. The Labute approximate surface area is 189 Å². The molecule has 1 saturated carbocycles. The smallest absolute Gasteiger partial charge is 0.343 e. The van der Waals surface area contributed by atoms with Gasteiger partial charge in [0.2, 0.25) is 0 Å². The SMILES string of the molecule is COC(=O)c1ccc(-c2ccc(OC(=O)c3ccc(C4CCC(C)CC4)cc3)cc2)cc1. The first kappa shape index (κ1) is 21.8. The number of benzene rings is 3. The number of esters is 2. The first-order valence-electron chi connectivity index (χ1n) is 11.1. The van der Waals surface area contributed by atoms with Crippen LogP contribution >= 0.6 is 0 Å². The number of methoxy groups -OCH3 is 1. The summed E-state index contributed by atoms with van der Waals surface area (Å²) >= 11 is 0. The zero-order valence-electron chi connectivity index (χ0n) is 18.5. The summed E-state index contributed by atoms with van der Waals surface area (Å²) in [6, 6.07) is 22.4. The molecule has 1 fully saturated rings. The van der Waals surface area contributed by atoms with Crippen molar-refractivity contribution in [2.45, 2.75) is 38.5 Å². The van der Waals surface area contributed by atoms with Crippen LogP contribution in [0.3, 0.4) is 0 Å². The molecule has 1 aliphatic carbocycles. The fourth-order valence-electron chi connectivity index (χ4n) is 4.28. The second-order valence-electron chi connectivity index (χ2n) is 8.56. The molecular formula is C28H28O4. The Morgan fingerprint density at radius 3 is 1.75 bits per heavy atom. The first-order valence-corrected chi connectivity index (χ1v) is 11.1. The minimum atomic E-state index is -0.361. The molecule has 0 unspecified atom stereocenters. The molecule has 4 rings (SSSR count). The van der Waals surface area contributed by atoms with E-state index in [0.29, 0.717) is 22.8 Å². The minimum Gasteiger partial charge on any atom is -0.465 e. The summed E-state index contributed by atoms with van der Waals surface area (Å²) in [6.07, 6.45) is 5.01. The Morgan fingerprint density at radius 2 is 1.19 bits per heavy atom. The van der Waals surface area contributed by atoms with E-state index < -0.39 is 0 Å². The summed E-state index contributed by atoms with van der Waals surface area (Å²) in [5, 5.41) is 0. The number of rotatable bonds is 5. The molecule has 0 aromatic heterocycles. The third kappa shape index (κ3) is 5.08. The highest BCUT2D eigenvalue weighted by Gasteiger charge is 2.20. The van der Waals surface area contributed by atoms with Gasteiger partial charge in [0.1, 0.15) is 5.75 Å². The molecule has 0 atom stereocenters. The van der Waals surface area contributed by atoms with E-state index in [0.717, 1.165) is 17.0 Å². The summed E-state index contributed by atoms with van der Waals surface area (Å²) in [5.74, 6) is 1.20. The zero-order valence-corrected chi connectivity index (χ0v) is 18.5. The maximum Gasteiger partial charge on any atom is 0.343 e. The van der Waals surface area contributed by atoms with Crippen LogP contribution in [0.25, 0.3) is 11.1 Å². The van der Waals surface area contributed by atoms with Gasteiger partial charge in [-0.25, -0.2) is 9.59 Å². The molecule has 0 saturated heterocycles. The largest absolute Gasteiger partial charge is 0.465 e. The summed E-state index contributed by atoms with van der Waals surface area (Å²) in [7, 11) is 1.36. The standard InChI is InChI=1S/C28H28O4/c1-19-3-5-20(6-4-19)21-9-13-25(14-10-21)28(30)32-26-17-15-23(16-18-26)22-7-11-24(12-8-22)27(29)31-2/h7-20H,3-6H2,1-2H3. The predicted molar refractivity (Wildman–Crippen MR) is 125 cm³/mol. The highest BCUT2D eigenvalue weighted by atomic mass is 16.5. The van der Waals surface area contributed by atoms with E-state index in [-0.39, 0.29) is 11.9 Å². The maximum atomic E-state index is 12.6. The molecule has 3 aromatic carbocycles. The van der Waals surface area contributed by atoms with E-state index in [1.807, 2.05) is 36.4 Å². The van der Waals surface area contributed by atoms with E-state index in [2.05, 4.69) is 19.1 Å². The highest BCUT2D eigenvalue weighted by Crippen LogP contribution is 2.35. The first-order chi connectivity index (χ1) is 15.5. The lowest BCUT2D eigenvalue weighted by Crippen LogP contribution is -2.12. The van der Waals surface area contributed by atoms with Crippen molar-refractivity contribution >= 4 is 11.9 Å². The number of hydrogen-bond donors (Lipinski definition) is 0. The Kier molecular flexibility index (Phi) is 6.69. The van der Waals surface area contributed by atoms with Gasteiger partial charge >= 0.3 is 11.9 Å². The van der Waals surface area contributed by atoms with Gasteiger partial charge in [-0.15, -0.1) is 0 Å². The van der Waals surface area contributed by atoms with Crippen molar-refractivity contribution in [1.29, 1.82) is 0 Å². The number of carbonyl (C=O) groups excluding carboxylic acids is 2. The van der Waals surface area contributed by atoms with Crippen LogP contribution in [0.15, 0.2) is 72.8 Å². The third-order valence-corrected chi connectivity index (χ3v) is 6.34. The van der Waals surface area contributed by atoms with E-state index >= 15 is 0 Å². The van der Waals surface area contributed by atoms with Gasteiger partial charge in [-0.3, -0.25) is 0 Å². The average molecular weight is 429 g/mol. The van der Waals surface area contributed by atoms with Crippen LogP contribution in [0.5, 0.6) is 5.75 Å². The van der Waals surface area contributed by atoms with Gasteiger partial charge in [-0.05, 0) is 77.8 Å². The van der Waals surface area contributed by atoms with Crippen LogP contribution < -0.4 is 4.74 Å². The number of hydrogen-bond acceptors (Lipinski definition) is 4. The Morgan fingerprint density at radius 1 is 0.688 bits per heavy atom. The van der Waals surface area contributed by atoms with Gasteiger partial charge in [0.15, 0.2) is 0 Å². The molecule has 164 valence electrons. The van der Waals surface area contributed by atoms with Gasteiger partial charge in [-0.1, -0.05) is 56.2 Å². The van der Waals surface area contributed by atoms with Gasteiger partial charge in [0.25, 0.3) is 0 Å². The zero-order chi connectivity index (χ0) is 22.5. The quantitative estimate of drug-likeness (QED) is 0.337. The van der Waals surface area contributed by atoms with E-state index in [1.54, 1.807) is 24.3 Å². The predicted octanol–water partition coefficient (Wildman–Crippen LogP) is 6.65. The van der Waals surface area contributed by atoms with Gasteiger partial charge in [0, 0.05) is 0 Å². The highest BCUT2D eigenvalue weighted by molar-refractivity contribution is 5.91. The van der Waals surface area contributed by atoms with Crippen molar-refractivity contribution in [3.63, 3.8) is 0 Å². The van der Waals surface area contributed by atoms with Crippen molar-refractivity contribution in [2.75, 3.05) is 7.11 Å². The molecular weight excluding hydrogens is 400 g/mol. The molecule has 1 aliphatic rings. The fourth-order valence-corrected chi connectivity index (χ4v) is 4.28. The summed E-state index contributed by atoms with van der Waals surface area (Å²) in [4.78, 5) is 24.1.